The van der Waals surface area contributed by atoms with Gasteiger partial charge in [0.1, 0.15) is 5.82 Å². The van der Waals surface area contributed by atoms with Crippen LogP contribution >= 0.6 is 24.0 Å². The molecule has 24 heavy (non-hydrogen) atoms. The first-order valence-corrected chi connectivity index (χ1v) is 7.92. The van der Waals surface area contributed by atoms with E-state index < -0.39 is 0 Å². The number of nitrogens with zero attached hydrogens (tertiary/aromatic N) is 2. The molecule has 1 aliphatic rings. The van der Waals surface area contributed by atoms with Gasteiger partial charge in [-0.25, -0.2) is 4.39 Å². The molecule has 5 nitrogen and oxygen atoms in total. The van der Waals surface area contributed by atoms with Crippen LogP contribution in [0.2, 0.25) is 0 Å². The maximum absolute atomic E-state index is 12.9. The lowest BCUT2D eigenvalue weighted by Gasteiger charge is -2.33. The Morgan fingerprint density at radius 2 is 1.96 bits per heavy atom. The number of hydrogen-bond acceptors (Lipinski definition) is 3. The van der Waals surface area contributed by atoms with Crippen molar-refractivity contribution in [2.45, 2.75) is 19.3 Å². The van der Waals surface area contributed by atoms with Gasteiger partial charge in [0, 0.05) is 26.7 Å². The number of halogens is 2. The molecule has 0 spiro atoms. The standard InChI is InChI=1S/C17H24FN3O2.HI/c1-19-17(20-10-7-13-3-5-15(18)6-4-13)21-11-8-14(9-12-21)16(22)23-2;/h3-6,14H,7-12H2,1-2H3,(H,19,20);1H. The number of hydrogen-bond donors (Lipinski definition) is 1. The van der Waals surface area contributed by atoms with Gasteiger partial charge in [0.2, 0.25) is 0 Å². The molecule has 0 aliphatic carbocycles. The maximum Gasteiger partial charge on any atom is 0.308 e. The van der Waals surface area contributed by atoms with E-state index in [0.29, 0.717) is 0 Å². The summed E-state index contributed by atoms with van der Waals surface area (Å²) in [5.74, 6) is 0.499. The number of aliphatic imine (C=N–C) groups is 1. The number of likely N-dealkylation sites (tertiary alicyclic amines) is 1. The highest BCUT2D eigenvalue weighted by Gasteiger charge is 2.26. The molecule has 0 amide bonds. The minimum Gasteiger partial charge on any atom is -0.469 e. The highest BCUT2D eigenvalue weighted by molar-refractivity contribution is 14.0. The fourth-order valence-electron chi connectivity index (χ4n) is 2.80. The number of rotatable bonds is 4. The summed E-state index contributed by atoms with van der Waals surface area (Å²) < 4.78 is 17.7. The van der Waals surface area contributed by atoms with Crippen LogP contribution in [0.1, 0.15) is 18.4 Å². The van der Waals surface area contributed by atoms with Crippen LogP contribution in [-0.2, 0) is 16.0 Å². The third-order valence-electron chi connectivity index (χ3n) is 4.15. The van der Waals surface area contributed by atoms with Crippen molar-refractivity contribution in [3.8, 4) is 0 Å². The summed E-state index contributed by atoms with van der Waals surface area (Å²) in [5, 5.41) is 3.33. The Morgan fingerprint density at radius 3 is 2.50 bits per heavy atom. The second kappa shape index (κ2) is 10.5. The summed E-state index contributed by atoms with van der Waals surface area (Å²) in [6.07, 6.45) is 2.37. The molecule has 1 saturated heterocycles. The molecule has 134 valence electrons. The van der Waals surface area contributed by atoms with E-state index in [1.54, 1.807) is 19.2 Å². The number of benzene rings is 1. The van der Waals surface area contributed by atoms with E-state index in [9.17, 15) is 9.18 Å². The Kier molecular flexibility index (Phi) is 9.02. The summed E-state index contributed by atoms with van der Waals surface area (Å²) in [7, 11) is 3.19. The van der Waals surface area contributed by atoms with Gasteiger partial charge in [-0.3, -0.25) is 9.79 Å². The fourth-order valence-corrected chi connectivity index (χ4v) is 2.80. The van der Waals surface area contributed by atoms with Crippen LogP contribution in [0.25, 0.3) is 0 Å². The SMILES string of the molecule is CN=C(NCCc1ccc(F)cc1)N1CCC(C(=O)OC)CC1.I. The Balaban J connectivity index is 0.00000288. The summed E-state index contributed by atoms with van der Waals surface area (Å²) >= 11 is 0. The Labute approximate surface area is 159 Å². The van der Waals surface area contributed by atoms with Crippen LogP contribution in [-0.4, -0.2) is 50.6 Å². The maximum atomic E-state index is 12.9. The number of carbonyl (C=O) groups is 1. The van der Waals surface area contributed by atoms with Gasteiger partial charge in [0.05, 0.1) is 13.0 Å². The second-order valence-electron chi connectivity index (χ2n) is 5.63. The van der Waals surface area contributed by atoms with Crippen LogP contribution in [0.5, 0.6) is 0 Å². The van der Waals surface area contributed by atoms with Crippen LogP contribution < -0.4 is 5.32 Å². The average molecular weight is 449 g/mol. The quantitative estimate of drug-likeness (QED) is 0.332. The average Bonchev–Trinajstić information content (AvgIpc) is 2.60. The van der Waals surface area contributed by atoms with Crippen LogP contribution in [0.3, 0.4) is 0 Å². The molecule has 1 aliphatic heterocycles. The lowest BCUT2D eigenvalue weighted by Crippen LogP contribution is -2.47. The Morgan fingerprint density at radius 1 is 1.33 bits per heavy atom. The predicted octanol–water partition coefficient (Wildman–Crippen LogP) is 2.45. The number of esters is 1. The molecule has 0 bridgehead atoms. The molecule has 0 saturated carbocycles. The fraction of sp³-hybridized carbons (Fsp3) is 0.529. The van der Waals surface area contributed by atoms with E-state index >= 15 is 0 Å². The van der Waals surface area contributed by atoms with Gasteiger partial charge >= 0.3 is 5.97 Å². The van der Waals surface area contributed by atoms with Crippen LogP contribution in [0, 0.1) is 11.7 Å². The summed E-state index contributed by atoms with van der Waals surface area (Å²) in [6.45, 7) is 2.31. The van der Waals surface area contributed by atoms with E-state index in [4.69, 9.17) is 4.74 Å². The smallest absolute Gasteiger partial charge is 0.308 e. The molecule has 1 fully saturated rings. The summed E-state index contributed by atoms with van der Waals surface area (Å²) in [6, 6.07) is 6.53. The number of nitrogens with one attached hydrogen (secondary N) is 1. The highest BCUT2D eigenvalue weighted by Crippen LogP contribution is 2.18. The normalized spacial score (nSPS) is 15.6. The van der Waals surface area contributed by atoms with Crippen molar-refractivity contribution in [3.63, 3.8) is 0 Å². The zero-order valence-corrected chi connectivity index (χ0v) is 16.5. The largest absolute Gasteiger partial charge is 0.469 e. The lowest BCUT2D eigenvalue weighted by atomic mass is 9.97. The molecule has 1 aromatic rings. The Hall–Kier alpha value is -1.38. The van der Waals surface area contributed by atoms with E-state index in [1.807, 2.05) is 0 Å². The van der Waals surface area contributed by atoms with Gasteiger partial charge in [-0.2, -0.15) is 0 Å². The van der Waals surface area contributed by atoms with Crippen molar-refractivity contribution in [2.24, 2.45) is 10.9 Å². The molecule has 0 unspecified atom stereocenters. The molecule has 1 heterocycles. The van der Waals surface area contributed by atoms with Gasteiger partial charge in [-0.05, 0) is 37.0 Å². The first kappa shape index (κ1) is 20.7. The van der Waals surface area contributed by atoms with E-state index in [2.05, 4.69) is 15.2 Å². The lowest BCUT2D eigenvalue weighted by molar-refractivity contribution is -0.146. The third kappa shape index (κ3) is 5.92. The first-order valence-electron chi connectivity index (χ1n) is 7.92. The highest BCUT2D eigenvalue weighted by atomic mass is 127. The topological polar surface area (TPSA) is 53.9 Å². The van der Waals surface area contributed by atoms with Crippen molar-refractivity contribution < 1.29 is 13.9 Å². The summed E-state index contributed by atoms with van der Waals surface area (Å²) in [5.41, 5.74) is 1.08. The van der Waals surface area contributed by atoms with Crippen LogP contribution in [0.4, 0.5) is 4.39 Å². The number of guanidine groups is 1. The second-order valence-corrected chi connectivity index (χ2v) is 5.63. The molecule has 2 rings (SSSR count). The molecule has 7 heteroatoms. The van der Waals surface area contributed by atoms with Crippen molar-refractivity contribution in [2.75, 3.05) is 33.8 Å². The van der Waals surface area contributed by atoms with Gasteiger partial charge in [0.25, 0.3) is 0 Å². The Bertz CT molecular complexity index is 543. The van der Waals surface area contributed by atoms with Gasteiger partial charge < -0.3 is 15.0 Å². The predicted molar refractivity (Wildman–Crippen MR) is 103 cm³/mol. The van der Waals surface area contributed by atoms with E-state index in [1.165, 1.54) is 19.2 Å². The number of ether oxygens (including phenoxy) is 1. The zero-order chi connectivity index (χ0) is 16.7. The van der Waals surface area contributed by atoms with Crippen molar-refractivity contribution in [1.82, 2.24) is 10.2 Å². The molecule has 1 N–H and O–H groups in total. The summed E-state index contributed by atoms with van der Waals surface area (Å²) in [4.78, 5) is 18.0. The van der Waals surface area contributed by atoms with Crippen LogP contribution in [0.15, 0.2) is 29.3 Å². The number of carbonyl (C=O) groups excluding carboxylic acids is 1. The van der Waals surface area contributed by atoms with Gasteiger partial charge in [-0.15, -0.1) is 24.0 Å². The minimum atomic E-state index is -0.217. The zero-order valence-electron chi connectivity index (χ0n) is 14.1. The van der Waals surface area contributed by atoms with Gasteiger partial charge in [0.15, 0.2) is 5.96 Å². The minimum absolute atomic E-state index is 0. The van der Waals surface area contributed by atoms with Gasteiger partial charge in [-0.1, -0.05) is 12.1 Å². The third-order valence-corrected chi connectivity index (χ3v) is 4.15. The molecule has 0 radical (unpaired) electrons. The monoisotopic (exact) mass is 449 g/mol. The van der Waals surface area contributed by atoms with E-state index in [0.717, 1.165) is 50.4 Å². The van der Waals surface area contributed by atoms with Crippen molar-refractivity contribution in [1.29, 1.82) is 0 Å². The van der Waals surface area contributed by atoms with E-state index in [-0.39, 0.29) is 41.7 Å². The molecular formula is C17H25FIN3O2. The molecular weight excluding hydrogens is 424 g/mol. The number of methoxy groups -OCH3 is 1. The molecule has 0 atom stereocenters. The van der Waals surface area contributed by atoms with Crippen molar-refractivity contribution in [3.05, 3.63) is 35.6 Å². The number of piperidine rings is 1. The molecule has 0 aromatic heterocycles. The van der Waals surface area contributed by atoms with Crippen molar-refractivity contribution >= 4 is 35.9 Å². The first-order chi connectivity index (χ1) is 11.1. The molecule has 1 aromatic carbocycles.